The first-order chi connectivity index (χ1) is 7.24. The Kier molecular flexibility index (Phi) is 3.47. The molecule has 2 N–H and O–H groups in total. The summed E-state index contributed by atoms with van der Waals surface area (Å²) < 4.78 is 0. The normalized spacial score (nSPS) is 31.7. The summed E-state index contributed by atoms with van der Waals surface area (Å²) in [6.45, 7) is 3.23. The molecule has 0 aliphatic heterocycles. The van der Waals surface area contributed by atoms with Crippen LogP contribution in [0, 0.1) is 11.3 Å². The summed E-state index contributed by atoms with van der Waals surface area (Å²) in [5.41, 5.74) is 6.43. The van der Waals surface area contributed by atoms with E-state index in [1.165, 1.54) is 37.0 Å². The molecule has 1 aliphatic rings. The molecule has 1 aromatic heterocycles. The van der Waals surface area contributed by atoms with Crippen molar-refractivity contribution in [2.75, 3.05) is 6.54 Å². The molecule has 1 fully saturated rings. The van der Waals surface area contributed by atoms with Crippen molar-refractivity contribution in [3.63, 3.8) is 0 Å². The van der Waals surface area contributed by atoms with E-state index in [1.54, 1.807) is 0 Å². The van der Waals surface area contributed by atoms with Crippen molar-refractivity contribution in [1.29, 1.82) is 0 Å². The largest absolute Gasteiger partial charge is 0.330 e. The van der Waals surface area contributed by atoms with Gasteiger partial charge in [-0.15, -0.1) is 11.3 Å². The van der Waals surface area contributed by atoms with Gasteiger partial charge in [-0.1, -0.05) is 25.8 Å². The first-order valence-electron chi connectivity index (χ1n) is 5.97. The molecule has 0 saturated heterocycles. The Balaban J connectivity index is 2.07. The number of hydrogen-bond donors (Lipinski definition) is 1. The van der Waals surface area contributed by atoms with Crippen LogP contribution in [0.15, 0.2) is 17.5 Å². The zero-order valence-corrected chi connectivity index (χ0v) is 10.4. The van der Waals surface area contributed by atoms with E-state index in [9.17, 15) is 0 Å². The van der Waals surface area contributed by atoms with Crippen LogP contribution >= 0.6 is 11.3 Å². The molecule has 2 heteroatoms. The van der Waals surface area contributed by atoms with Crippen molar-refractivity contribution in [3.05, 3.63) is 22.4 Å². The first-order valence-corrected chi connectivity index (χ1v) is 6.84. The Hall–Kier alpha value is -0.340. The molecule has 0 bridgehead atoms. The van der Waals surface area contributed by atoms with Crippen LogP contribution in [-0.4, -0.2) is 6.54 Å². The summed E-state index contributed by atoms with van der Waals surface area (Å²) in [4.78, 5) is 1.51. The summed E-state index contributed by atoms with van der Waals surface area (Å²) in [5, 5.41) is 2.17. The SMILES string of the molecule is CC1CCCC(CN)(Cc2cccs2)C1. The van der Waals surface area contributed by atoms with Crippen molar-refractivity contribution in [2.45, 2.75) is 39.0 Å². The van der Waals surface area contributed by atoms with Gasteiger partial charge in [0.05, 0.1) is 0 Å². The van der Waals surface area contributed by atoms with Gasteiger partial charge in [0.25, 0.3) is 0 Å². The molecule has 1 aliphatic carbocycles. The van der Waals surface area contributed by atoms with Crippen molar-refractivity contribution >= 4 is 11.3 Å². The lowest BCUT2D eigenvalue weighted by molar-refractivity contribution is 0.155. The molecule has 2 unspecified atom stereocenters. The lowest BCUT2D eigenvalue weighted by atomic mass is 9.68. The van der Waals surface area contributed by atoms with E-state index in [2.05, 4.69) is 24.4 Å². The van der Waals surface area contributed by atoms with Crippen LogP contribution in [0.25, 0.3) is 0 Å². The van der Waals surface area contributed by atoms with Gasteiger partial charge in [0.2, 0.25) is 0 Å². The van der Waals surface area contributed by atoms with Crippen molar-refractivity contribution < 1.29 is 0 Å². The minimum absolute atomic E-state index is 0.405. The van der Waals surface area contributed by atoms with Crippen LogP contribution in [-0.2, 0) is 6.42 Å². The summed E-state index contributed by atoms with van der Waals surface area (Å²) in [6, 6.07) is 4.40. The highest BCUT2D eigenvalue weighted by Gasteiger charge is 2.33. The minimum atomic E-state index is 0.405. The second-order valence-corrected chi connectivity index (χ2v) is 6.19. The standard InChI is InChI=1S/C13H21NS/c1-11-4-2-6-13(8-11,10-14)9-12-5-3-7-15-12/h3,5,7,11H,2,4,6,8-10,14H2,1H3. The van der Waals surface area contributed by atoms with Gasteiger partial charge in [-0.3, -0.25) is 0 Å². The summed E-state index contributed by atoms with van der Waals surface area (Å²) >= 11 is 1.88. The maximum Gasteiger partial charge on any atom is 0.00512 e. The van der Waals surface area contributed by atoms with Crippen LogP contribution in [0.1, 0.15) is 37.5 Å². The average molecular weight is 223 g/mol. The molecular formula is C13H21NS. The minimum Gasteiger partial charge on any atom is -0.330 e. The molecule has 0 spiro atoms. The van der Waals surface area contributed by atoms with E-state index >= 15 is 0 Å². The highest BCUT2D eigenvalue weighted by molar-refractivity contribution is 7.09. The van der Waals surface area contributed by atoms with E-state index in [-0.39, 0.29) is 0 Å². The quantitative estimate of drug-likeness (QED) is 0.834. The Morgan fingerprint density at radius 3 is 3.07 bits per heavy atom. The Bertz CT molecular complexity index is 293. The van der Waals surface area contributed by atoms with Crippen molar-refractivity contribution in [1.82, 2.24) is 0 Å². The fourth-order valence-electron chi connectivity index (χ4n) is 2.97. The molecule has 1 aromatic rings. The highest BCUT2D eigenvalue weighted by Crippen LogP contribution is 2.41. The molecule has 1 heterocycles. The summed E-state index contributed by atoms with van der Waals surface area (Å²) in [7, 11) is 0. The third kappa shape index (κ3) is 2.61. The molecule has 0 radical (unpaired) electrons. The molecule has 0 amide bonds. The molecule has 2 atom stereocenters. The number of nitrogens with two attached hydrogens (primary N) is 1. The third-order valence-electron chi connectivity index (χ3n) is 3.75. The number of rotatable bonds is 3. The molecule has 1 saturated carbocycles. The maximum atomic E-state index is 6.02. The maximum absolute atomic E-state index is 6.02. The fraction of sp³-hybridized carbons (Fsp3) is 0.692. The van der Waals surface area contributed by atoms with E-state index < -0.39 is 0 Å². The fourth-order valence-corrected chi connectivity index (χ4v) is 3.85. The average Bonchev–Trinajstić information content (AvgIpc) is 2.70. The van der Waals surface area contributed by atoms with Crippen LogP contribution in [0.4, 0.5) is 0 Å². The molecule has 2 rings (SSSR count). The lowest BCUT2D eigenvalue weighted by Crippen LogP contribution is -2.37. The van der Waals surface area contributed by atoms with E-state index in [1.807, 2.05) is 11.3 Å². The second-order valence-electron chi connectivity index (χ2n) is 5.16. The van der Waals surface area contributed by atoms with E-state index in [0.717, 1.165) is 12.5 Å². The molecule has 84 valence electrons. The van der Waals surface area contributed by atoms with Crippen LogP contribution in [0.5, 0.6) is 0 Å². The highest BCUT2D eigenvalue weighted by atomic mass is 32.1. The lowest BCUT2D eigenvalue weighted by Gasteiger charge is -2.39. The predicted octanol–water partition coefficient (Wildman–Crippen LogP) is 3.45. The van der Waals surface area contributed by atoms with Gasteiger partial charge in [0.1, 0.15) is 0 Å². The smallest absolute Gasteiger partial charge is 0.00512 e. The summed E-state index contributed by atoms with van der Waals surface area (Å²) in [5.74, 6) is 0.863. The van der Waals surface area contributed by atoms with Gasteiger partial charge < -0.3 is 5.73 Å². The van der Waals surface area contributed by atoms with Gasteiger partial charge in [-0.2, -0.15) is 0 Å². The monoisotopic (exact) mass is 223 g/mol. The molecular weight excluding hydrogens is 202 g/mol. The van der Waals surface area contributed by atoms with E-state index in [0.29, 0.717) is 5.41 Å². The Morgan fingerprint density at radius 1 is 1.60 bits per heavy atom. The topological polar surface area (TPSA) is 26.0 Å². The van der Waals surface area contributed by atoms with E-state index in [4.69, 9.17) is 5.73 Å². The predicted molar refractivity (Wildman–Crippen MR) is 67.1 cm³/mol. The van der Waals surface area contributed by atoms with Gasteiger partial charge in [-0.05, 0) is 48.6 Å². The van der Waals surface area contributed by atoms with Crippen molar-refractivity contribution in [3.8, 4) is 0 Å². The Labute approximate surface area is 96.7 Å². The van der Waals surface area contributed by atoms with Crippen molar-refractivity contribution in [2.24, 2.45) is 17.1 Å². The van der Waals surface area contributed by atoms with Crippen LogP contribution in [0.2, 0.25) is 0 Å². The Morgan fingerprint density at radius 2 is 2.47 bits per heavy atom. The molecule has 15 heavy (non-hydrogen) atoms. The van der Waals surface area contributed by atoms with Gasteiger partial charge >= 0.3 is 0 Å². The van der Waals surface area contributed by atoms with Gasteiger partial charge in [-0.25, -0.2) is 0 Å². The second kappa shape index (κ2) is 4.67. The van der Waals surface area contributed by atoms with Gasteiger partial charge in [0.15, 0.2) is 0 Å². The third-order valence-corrected chi connectivity index (χ3v) is 4.62. The van der Waals surface area contributed by atoms with Crippen LogP contribution < -0.4 is 5.73 Å². The zero-order chi connectivity index (χ0) is 10.7. The van der Waals surface area contributed by atoms with Crippen LogP contribution in [0.3, 0.4) is 0 Å². The molecule has 0 aromatic carbocycles. The first kappa shape index (κ1) is 11.2. The van der Waals surface area contributed by atoms with Gasteiger partial charge in [0, 0.05) is 4.88 Å². The molecule has 1 nitrogen and oxygen atoms in total. The zero-order valence-electron chi connectivity index (χ0n) is 9.54. The summed E-state index contributed by atoms with van der Waals surface area (Å²) in [6.07, 6.45) is 6.61. The number of hydrogen-bond acceptors (Lipinski definition) is 2. The number of thiophene rings is 1.